The van der Waals surface area contributed by atoms with E-state index in [2.05, 4.69) is 15.8 Å². The molecule has 2 N–H and O–H groups in total. The summed E-state index contributed by atoms with van der Waals surface area (Å²) in [4.78, 5) is 33.4. The van der Waals surface area contributed by atoms with Gasteiger partial charge < -0.3 is 10.1 Å². The number of nitro benzene ring substituents is 1. The average Bonchev–Trinajstić information content (AvgIpc) is 2.71. The predicted molar refractivity (Wildman–Crippen MR) is 107 cm³/mol. The molecule has 0 aliphatic carbocycles. The molecular weight excluding hydrogens is 376 g/mol. The van der Waals surface area contributed by atoms with Crippen molar-refractivity contribution >= 4 is 23.7 Å². The Morgan fingerprint density at radius 3 is 2.55 bits per heavy atom. The number of amides is 2. The van der Waals surface area contributed by atoms with E-state index in [1.807, 2.05) is 13.8 Å². The lowest BCUT2D eigenvalue weighted by Crippen LogP contribution is -2.39. The molecule has 29 heavy (non-hydrogen) atoms. The first-order chi connectivity index (χ1) is 13.8. The van der Waals surface area contributed by atoms with Crippen LogP contribution in [0.3, 0.4) is 0 Å². The van der Waals surface area contributed by atoms with Crippen molar-refractivity contribution in [2.75, 3.05) is 6.54 Å². The Hall–Kier alpha value is -3.75. The number of nitrogens with one attached hydrogen (secondary N) is 2. The third-order valence-corrected chi connectivity index (χ3v) is 3.67. The first-order valence-electron chi connectivity index (χ1n) is 8.92. The summed E-state index contributed by atoms with van der Waals surface area (Å²) in [6.07, 6.45) is 1.40. The fourth-order valence-corrected chi connectivity index (χ4v) is 2.16. The zero-order valence-corrected chi connectivity index (χ0v) is 16.1. The third-order valence-electron chi connectivity index (χ3n) is 3.67. The summed E-state index contributed by atoms with van der Waals surface area (Å²) in [5, 5.41) is 16.9. The lowest BCUT2D eigenvalue weighted by molar-refractivity contribution is -0.384. The molecule has 0 unspecified atom stereocenters. The first-order valence-corrected chi connectivity index (χ1v) is 8.92. The largest absolute Gasteiger partial charge is 0.489 e. The number of ether oxygens (including phenoxy) is 1. The normalized spacial score (nSPS) is 10.7. The van der Waals surface area contributed by atoms with Gasteiger partial charge in [-0.3, -0.25) is 19.7 Å². The van der Waals surface area contributed by atoms with Gasteiger partial charge in [-0.2, -0.15) is 5.10 Å². The molecule has 9 nitrogen and oxygen atoms in total. The highest BCUT2D eigenvalue weighted by Crippen LogP contribution is 2.16. The van der Waals surface area contributed by atoms with Crippen molar-refractivity contribution in [2.45, 2.75) is 20.5 Å². The Balaban J connectivity index is 1.87. The summed E-state index contributed by atoms with van der Waals surface area (Å²) in [6.45, 7) is 4.50. The Kier molecular flexibility index (Phi) is 7.84. The number of carbonyl (C=O) groups excluding carboxylic acids is 2. The van der Waals surface area contributed by atoms with Crippen LogP contribution in [0.4, 0.5) is 5.69 Å². The van der Waals surface area contributed by atoms with Gasteiger partial charge in [-0.25, -0.2) is 5.43 Å². The van der Waals surface area contributed by atoms with Crippen molar-refractivity contribution < 1.29 is 19.2 Å². The molecule has 0 saturated carbocycles. The highest BCUT2D eigenvalue weighted by Gasteiger charge is 2.12. The molecular formula is C20H22N4O5. The summed E-state index contributed by atoms with van der Waals surface area (Å²) in [7, 11) is 0. The summed E-state index contributed by atoms with van der Waals surface area (Å²) < 4.78 is 5.67. The molecule has 0 fully saturated rings. The monoisotopic (exact) mass is 398 g/mol. The SMILES string of the molecule is CC(C)CNC(=O)C(=O)N/N=C\c1cccc(OCc2ccc([N+](=O)[O-])cc2)c1. The standard InChI is InChI=1S/C20H22N4O5/c1-14(2)11-21-19(25)20(26)23-22-12-16-4-3-5-18(10-16)29-13-15-6-8-17(9-7-15)24(27)28/h3-10,12,14H,11,13H2,1-2H3,(H,21,25)(H,23,26)/b22-12-. The van der Waals surface area contributed by atoms with Gasteiger partial charge in [-0.05, 0) is 41.3 Å². The molecule has 152 valence electrons. The third kappa shape index (κ3) is 7.41. The van der Waals surface area contributed by atoms with E-state index in [9.17, 15) is 19.7 Å². The van der Waals surface area contributed by atoms with Crippen LogP contribution in [-0.4, -0.2) is 29.5 Å². The number of hydrazone groups is 1. The molecule has 2 aromatic carbocycles. The molecule has 0 spiro atoms. The average molecular weight is 398 g/mol. The zero-order valence-electron chi connectivity index (χ0n) is 16.1. The van der Waals surface area contributed by atoms with Crippen LogP contribution in [0.15, 0.2) is 53.6 Å². The second kappa shape index (κ2) is 10.5. The predicted octanol–water partition coefficient (Wildman–Crippen LogP) is 2.40. The Morgan fingerprint density at radius 1 is 1.17 bits per heavy atom. The Morgan fingerprint density at radius 2 is 1.90 bits per heavy atom. The molecule has 0 aromatic heterocycles. The number of nitrogens with zero attached hydrogens (tertiary/aromatic N) is 2. The molecule has 0 atom stereocenters. The zero-order chi connectivity index (χ0) is 21.2. The van der Waals surface area contributed by atoms with E-state index in [1.54, 1.807) is 36.4 Å². The summed E-state index contributed by atoms with van der Waals surface area (Å²) in [5.74, 6) is -0.777. The smallest absolute Gasteiger partial charge is 0.329 e. The number of nitro groups is 1. The van der Waals surface area contributed by atoms with Crippen molar-refractivity contribution in [3.8, 4) is 5.75 Å². The van der Waals surface area contributed by atoms with Gasteiger partial charge in [0.1, 0.15) is 12.4 Å². The van der Waals surface area contributed by atoms with Crippen LogP contribution < -0.4 is 15.5 Å². The van der Waals surface area contributed by atoms with Gasteiger partial charge in [0.25, 0.3) is 5.69 Å². The second-order valence-corrected chi connectivity index (χ2v) is 6.59. The van der Waals surface area contributed by atoms with Crippen LogP contribution >= 0.6 is 0 Å². The number of rotatable bonds is 8. The van der Waals surface area contributed by atoms with Gasteiger partial charge in [0.2, 0.25) is 0 Å². The van der Waals surface area contributed by atoms with E-state index < -0.39 is 16.7 Å². The Labute approximate surface area is 167 Å². The minimum atomic E-state index is -0.840. The highest BCUT2D eigenvalue weighted by atomic mass is 16.6. The van der Waals surface area contributed by atoms with Crippen LogP contribution in [0.5, 0.6) is 5.75 Å². The van der Waals surface area contributed by atoms with Crippen molar-refractivity contribution in [2.24, 2.45) is 11.0 Å². The molecule has 2 amide bonds. The molecule has 2 rings (SSSR count). The number of hydrogen-bond donors (Lipinski definition) is 2. The quantitative estimate of drug-likeness (QED) is 0.306. The summed E-state index contributed by atoms with van der Waals surface area (Å²) in [5.41, 5.74) is 3.64. The van der Waals surface area contributed by atoms with Crippen LogP contribution in [0.2, 0.25) is 0 Å². The van der Waals surface area contributed by atoms with E-state index in [0.717, 1.165) is 5.56 Å². The minimum Gasteiger partial charge on any atom is -0.489 e. The van der Waals surface area contributed by atoms with E-state index in [-0.39, 0.29) is 18.2 Å². The number of carbonyl (C=O) groups is 2. The molecule has 9 heteroatoms. The van der Waals surface area contributed by atoms with Gasteiger partial charge in [-0.15, -0.1) is 0 Å². The van der Waals surface area contributed by atoms with Gasteiger partial charge in [0.05, 0.1) is 11.1 Å². The van der Waals surface area contributed by atoms with E-state index in [1.165, 1.54) is 18.3 Å². The number of hydrogen-bond acceptors (Lipinski definition) is 6. The molecule has 0 bridgehead atoms. The summed E-state index contributed by atoms with van der Waals surface area (Å²) in [6, 6.07) is 13.1. The highest BCUT2D eigenvalue weighted by molar-refractivity contribution is 6.35. The fraction of sp³-hybridized carbons (Fsp3) is 0.250. The molecule has 0 aliphatic rings. The lowest BCUT2D eigenvalue weighted by Gasteiger charge is -2.07. The second-order valence-electron chi connectivity index (χ2n) is 6.59. The van der Waals surface area contributed by atoms with E-state index >= 15 is 0 Å². The Bertz CT molecular complexity index is 894. The van der Waals surface area contributed by atoms with Crippen LogP contribution in [0.25, 0.3) is 0 Å². The fourth-order valence-electron chi connectivity index (χ4n) is 2.16. The van der Waals surface area contributed by atoms with Gasteiger partial charge in [0, 0.05) is 18.7 Å². The van der Waals surface area contributed by atoms with Crippen molar-refractivity contribution in [3.05, 3.63) is 69.8 Å². The van der Waals surface area contributed by atoms with Gasteiger partial charge in [0.15, 0.2) is 0 Å². The number of non-ortho nitro benzene ring substituents is 1. The van der Waals surface area contributed by atoms with Crippen molar-refractivity contribution in [1.29, 1.82) is 0 Å². The number of benzene rings is 2. The van der Waals surface area contributed by atoms with E-state index in [0.29, 0.717) is 17.9 Å². The van der Waals surface area contributed by atoms with Gasteiger partial charge >= 0.3 is 11.8 Å². The van der Waals surface area contributed by atoms with Gasteiger partial charge in [-0.1, -0.05) is 26.0 Å². The molecule has 0 radical (unpaired) electrons. The topological polar surface area (TPSA) is 123 Å². The van der Waals surface area contributed by atoms with E-state index in [4.69, 9.17) is 4.74 Å². The summed E-state index contributed by atoms with van der Waals surface area (Å²) >= 11 is 0. The maximum absolute atomic E-state index is 11.6. The molecule has 0 aliphatic heterocycles. The minimum absolute atomic E-state index is 0.0203. The lowest BCUT2D eigenvalue weighted by atomic mass is 10.2. The van der Waals surface area contributed by atoms with Crippen molar-refractivity contribution in [3.63, 3.8) is 0 Å². The van der Waals surface area contributed by atoms with Crippen LogP contribution in [-0.2, 0) is 16.2 Å². The molecule has 0 saturated heterocycles. The molecule has 2 aromatic rings. The first kappa shape index (κ1) is 21.5. The van der Waals surface area contributed by atoms with Crippen LogP contribution in [0.1, 0.15) is 25.0 Å². The van der Waals surface area contributed by atoms with Crippen LogP contribution in [0, 0.1) is 16.0 Å². The maximum atomic E-state index is 11.6. The van der Waals surface area contributed by atoms with Crippen molar-refractivity contribution in [1.82, 2.24) is 10.7 Å². The maximum Gasteiger partial charge on any atom is 0.329 e. The molecule has 0 heterocycles.